The zero-order valence-electron chi connectivity index (χ0n) is 9.46. The van der Waals surface area contributed by atoms with Crippen LogP contribution in [0.3, 0.4) is 0 Å². The third kappa shape index (κ3) is 1.84. The Hall–Kier alpha value is -1.08. The van der Waals surface area contributed by atoms with E-state index < -0.39 is 0 Å². The summed E-state index contributed by atoms with van der Waals surface area (Å²) < 4.78 is 0. The maximum atomic E-state index is 9.56. The van der Waals surface area contributed by atoms with E-state index in [2.05, 4.69) is 38.2 Å². The third-order valence-corrected chi connectivity index (χ3v) is 3.45. The summed E-state index contributed by atoms with van der Waals surface area (Å²) in [7, 11) is 0. The van der Waals surface area contributed by atoms with Crippen LogP contribution >= 0.6 is 0 Å². The topological polar surface area (TPSA) is 20.2 Å². The normalized spacial score (nSPS) is 20.3. The molecule has 0 atom stereocenters. The van der Waals surface area contributed by atoms with Crippen molar-refractivity contribution in [1.29, 1.82) is 0 Å². The van der Waals surface area contributed by atoms with E-state index in [4.69, 9.17) is 0 Å². The van der Waals surface area contributed by atoms with E-state index in [0.717, 1.165) is 12.8 Å². The molecule has 1 nitrogen and oxygen atoms in total. The molecule has 0 fully saturated rings. The predicted octanol–water partition coefficient (Wildman–Crippen LogP) is 3.15. The van der Waals surface area contributed by atoms with Crippen molar-refractivity contribution in [2.45, 2.75) is 26.7 Å². The van der Waals surface area contributed by atoms with Crippen molar-refractivity contribution < 1.29 is 5.11 Å². The third-order valence-electron chi connectivity index (χ3n) is 3.45. The summed E-state index contributed by atoms with van der Waals surface area (Å²) in [4.78, 5) is 0. The van der Waals surface area contributed by atoms with Crippen LogP contribution in [0.2, 0.25) is 0 Å². The highest BCUT2D eigenvalue weighted by atomic mass is 16.3. The van der Waals surface area contributed by atoms with Gasteiger partial charge in [-0.15, -0.1) is 0 Å². The van der Waals surface area contributed by atoms with E-state index in [1.807, 2.05) is 0 Å². The van der Waals surface area contributed by atoms with Gasteiger partial charge < -0.3 is 5.11 Å². The Bertz CT molecular complexity index is 344. The fourth-order valence-electron chi connectivity index (χ4n) is 2.53. The van der Waals surface area contributed by atoms with Crippen molar-refractivity contribution in [2.24, 2.45) is 5.92 Å². The first-order valence-electron chi connectivity index (χ1n) is 5.57. The molecule has 0 aromatic carbocycles. The second-order valence-corrected chi connectivity index (χ2v) is 4.36. The van der Waals surface area contributed by atoms with Crippen LogP contribution in [0.25, 0.3) is 0 Å². The first kappa shape index (κ1) is 10.4. The monoisotopic (exact) mass is 202 g/mol. The molecule has 0 saturated carbocycles. The zero-order chi connectivity index (χ0) is 10.8. The van der Waals surface area contributed by atoms with Crippen LogP contribution in [0.1, 0.15) is 26.7 Å². The summed E-state index contributed by atoms with van der Waals surface area (Å²) in [6, 6.07) is 0. The van der Waals surface area contributed by atoms with Crippen molar-refractivity contribution in [3.63, 3.8) is 0 Å². The molecule has 0 aliphatic heterocycles. The van der Waals surface area contributed by atoms with Gasteiger partial charge in [0.05, 0.1) is 6.61 Å². The molecular weight excluding hydrogens is 184 g/mol. The largest absolute Gasteiger partial charge is 0.395 e. The average molecular weight is 202 g/mol. The summed E-state index contributed by atoms with van der Waals surface area (Å²) in [6.07, 6.45) is 10.7. The van der Waals surface area contributed by atoms with E-state index in [1.54, 1.807) is 0 Å². The Morgan fingerprint density at radius 1 is 1.07 bits per heavy atom. The van der Waals surface area contributed by atoms with Gasteiger partial charge in [0.2, 0.25) is 0 Å². The number of hydrogen-bond acceptors (Lipinski definition) is 1. The van der Waals surface area contributed by atoms with Crippen molar-refractivity contribution in [2.75, 3.05) is 6.61 Å². The van der Waals surface area contributed by atoms with Gasteiger partial charge in [0, 0.05) is 5.92 Å². The van der Waals surface area contributed by atoms with Gasteiger partial charge in [0.15, 0.2) is 0 Å². The smallest absolute Gasteiger partial charge is 0.0534 e. The lowest BCUT2D eigenvalue weighted by atomic mass is 9.86. The van der Waals surface area contributed by atoms with Crippen molar-refractivity contribution >= 4 is 0 Å². The lowest BCUT2D eigenvalue weighted by molar-refractivity contribution is 0.260. The first-order chi connectivity index (χ1) is 7.24. The number of aliphatic hydroxyl groups is 1. The van der Waals surface area contributed by atoms with Crippen LogP contribution in [-0.4, -0.2) is 11.7 Å². The quantitative estimate of drug-likeness (QED) is 0.745. The summed E-state index contributed by atoms with van der Waals surface area (Å²) >= 11 is 0. The highest BCUT2D eigenvalue weighted by molar-refractivity contribution is 5.43. The molecular formula is C14H18O. The molecule has 2 aliphatic rings. The number of allylic oxidation sites excluding steroid dienone is 6. The Kier molecular flexibility index (Phi) is 2.92. The van der Waals surface area contributed by atoms with Gasteiger partial charge in [-0.05, 0) is 26.7 Å². The van der Waals surface area contributed by atoms with Crippen LogP contribution in [0, 0.1) is 5.92 Å². The Morgan fingerprint density at radius 3 is 1.80 bits per heavy atom. The highest BCUT2D eigenvalue weighted by Crippen LogP contribution is 2.35. The van der Waals surface area contributed by atoms with Gasteiger partial charge in [-0.2, -0.15) is 0 Å². The minimum Gasteiger partial charge on any atom is -0.395 e. The SMILES string of the molecule is CC1=C(C(CO)C2=C(C)C=CC2)CC=C1. The van der Waals surface area contributed by atoms with Crippen LogP contribution in [-0.2, 0) is 0 Å². The molecule has 2 rings (SSSR count). The lowest BCUT2D eigenvalue weighted by Crippen LogP contribution is -2.12. The van der Waals surface area contributed by atoms with Crippen LogP contribution in [0.4, 0.5) is 0 Å². The average Bonchev–Trinajstić information content (AvgIpc) is 2.80. The van der Waals surface area contributed by atoms with Crippen LogP contribution in [0.5, 0.6) is 0 Å². The molecule has 0 spiro atoms. The number of rotatable bonds is 3. The van der Waals surface area contributed by atoms with Crippen LogP contribution < -0.4 is 0 Å². The fraction of sp³-hybridized carbons (Fsp3) is 0.429. The molecule has 1 N–H and O–H groups in total. The maximum Gasteiger partial charge on any atom is 0.0534 e. The lowest BCUT2D eigenvalue weighted by Gasteiger charge is -2.20. The second kappa shape index (κ2) is 4.19. The summed E-state index contributed by atoms with van der Waals surface area (Å²) in [5.74, 6) is 0.245. The van der Waals surface area contributed by atoms with Gasteiger partial charge in [0.25, 0.3) is 0 Å². The van der Waals surface area contributed by atoms with E-state index in [9.17, 15) is 5.11 Å². The van der Waals surface area contributed by atoms with Gasteiger partial charge >= 0.3 is 0 Å². The molecule has 0 saturated heterocycles. The van der Waals surface area contributed by atoms with Gasteiger partial charge in [-0.25, -0.2) is 0 Å². The first-order valence-corrected chi connectivity index (χ1v) is 5.57. The van der Waals surface area contributed by atoms with Gasteiger partial charge in [0.1, 0.15) is 0 Å². The van der Waals surface area contributed by atoms with Crippen molar-refractivity contribution in [1.82, 2.24) is 0 Å². The van der Waals surface area contributed by atoms with Gasteiger partial charge in [-0.3, -0.25) is 0 Å². The number of aliphatic hydroxyl groups excluding tert-OH is 1. The predicted molar refractivity (Wildman–Crippen MR) is 63.5 cm³/mol. The molecule has 0 unspecified atom stereocenters. The maximum absolute atomic E-state index is 9.56. The van der Waals surface area contributed by atoms with Crippen molar-refractivity contribution in [3.8, 4) is 0 Å². The van der Waals surface area contributed by atoms with E-state index in [0.29, 0.717) is 0 Å². The Morgan fingerprint density at radius 2 is 1.53 bits per heavy atom. The Balaban J connectivity index is 2.26. The van der Waals surface area contributed by atoms with E-state index in [-0.39, 0.29) is 12.5 Å². The molecule has 0 amide bonds. The van der Waals surface area contributed by atoms with Crippen LogP contribution in [0.15, 0.2) is 46.6 Å². The summed E-state index contributed by atoms with van der Waals surface area (Å²) in [6.45, 7) is 4.52. The summed E-state index contributed by atoms with van der Waals surface area (Å²) in [5, 5.41) is 9.56. The van der Waals surface area contributed by atoms with Gasteiger partial charge in [-0.1, -0.05) is 46.6 Å². The van der Waals surface area contributed by atoms with Crippen molar-refractivity contribution in [3.05, 3.63) is 46.6 Å². The molecule has 0 aromatic rings. The summed E-state index contributed by atoms with van der Waals surface area (Å²) in [5.41, 5.74) is 5.47. The molecule has 0 heterocycles. The molecule has 1 heteroatoms. The molecule has 0 radical (unpaired) electrons. The molecule has 15 heavy (non-hydrogen) atoms. The Labute approximate surface area is 91.5 Å². The molecule has 80 valence electrons. The fourth-order valence-corrected chi connectivity index (χ4v) is 2.53. The second-order valence-electron chi connectivity index (χ2n) is 4.36. The molecule has 0 aromatic heterocycles. The molecule has 0 bridgehead atoms. The zero-order valence-corrected chi connectivity index (χ0v) is 9.46. The number of hydrogen-bond donors (Lipinski definition) is 1. The molecule has 2 aliphatic carbocycles. The standard InChI is InChI=1S/C14H18O/c1-10-5-3-7-12(10)14(9-15)13-8-4-6-11(13)2/h3-6,14-15H,7-9H2,1-2H3. The van der Waals surface area contributed by atoms with E-state index in [1.165, 1.54) is 22.3 Å². The highest BCUT2D eigenvalue weighted by Gasteiger charge is 2.23. The van der Waals surface area contributed by atoms with E-state index >= 15 is 0 Å². The minimum absolute atomic E-state index is 0.239. The minimum atomic E-state index is 0.239.